The number of Topliss-reactive ketones (excluding diaryl/α,β-unsaturated/α-hetero) is 1. The quantitative estimate of drug-likeness (QED) is 0.116. The van der Waals surface area contributed by atoms with Crippen molar-refractivity contribution in [2.45, 2.75) is 6.42 Å². The maximum absolute atomic E-state index is 14.3. The number of carbonyl (C=O) groups excluding carboxylic acids is 2. The number of aryl methyl sites for hydroxylation is 1. The van der Waals surface area contributed by atoms with Gasteiger partial charge in [-0.05, 0) is 78.7 Å². The van der Waals surface area contributed by atoms with Gasteiger partial charge in [-0.1, -0.05) is 78.1 Å². The van der Waals surface area contributed by atoms with E-state index in [2.05, 4.69) is 46.7 Å². The van der Waals surface area contributed by atoms with Gasteiger partial charge in [0, 0.05) is 11.4 Å². The van der Waals surface area contributed by atoms with Crippen molar-refractivity contribution in [3.8, 4) is 5.75 Å². The van der Waals surface area contributed by atoms with Gasteiger partial charge in [-0.3, -0.25) is 14.9 Å². The topological polar surface area (TPSA) is 68.3 Å². The highest BCUT2D eigenvalue weighted by molar-refractivity contribution is 7.96. The van der Waals surface area contributed by atoms with Gasteiger partial charge >= 0.3 is 0 Å². The lowest BCUT2D eigenvalue weighted by molar-refractivity contribution is -0.118. The number of hydrogen-bond acceptors (Lipinski definition) is 5. The summed E-state index contributed by atoms with van der Waals surface area (Å²) in [7, 11) is -2.35. The normalized spacial score (nSPS) is 11.1. The summed E-state index contributed by atoms with van der Waals surface area (Å²) in [6.07, 6.45) is 0.823. The molecule has 0 spiro atoms. The number of benzene rings is 5. The van der Waals surface area contributed by atoms with Crippen LogP contribution in [0.1, 0.15) is 15.9 Å². The number of fused-ring (bicyclic) bond motifs is 1. The Kier molecular flexibility index (Phi) is 11.4. The summed E-state index contributed by atoms with van der Waals surface area (Å²) in [5, 5.41) is 6.79. The summed E-state index contributed by atoms with van der Waals surface area (Å²) in [4.78, 5) is 31.5. The lowest BCUT2D eigenvalue weighted by Crippen LogP contribution is -3.00. The van der Waals surface area contributed by atoms with Gasteiger partial charge in [-0.25, -0.2) is 4.98 Å². The van der Waals surface area contributed by atoms with Crippen molar-refractivity contribution in [1.82, 2.24) is 4.98 Å². The van der Waals surface area contributed by atoms with E-state index < -0.39 is 7.26 Å². The van der Waals surface area contributed by atoms with Crippen LogP contribution in [0, 0.1) is 0 Å². The number of ketones is 1. The van der Waals surface area contributed by atoms with Crippen LogP contribution in [-0.2, 0) is 11.2 Å². The maximum Gasteiger partial charge on any atom is 0.264 e. The molecule has 9 heteroatoms. The summed E-state index contributed by atoms with van der Waals surface area (Å²) in [6.45, 7) is -0.191. The molecule has 46 heavy (non-hydrogen) atoms. The first kappa shape index (κ1) is 33.5. The Bertz CT molecular complexity index is 1790. The number of nitrogens with one attached hydrogen (secondary N) is 1. The molecule has 0 unspecified atom stereocenters. The molecule has 0 radical (unpaired) electrons. The molecule has 0 atom stereocenters. The van der Waals surface area contributed by atoms with Crippen molar-refractivity contribution in [1.29, 1.82) is 0 Å². The van der Waals surface area contributed by atoms with Crippen molar-refractivity contribution in [2.24, 2.45) is 0 Å². The SMILES string of the molecule is O=C(COc1ccc(C(=O)C[P+](c2ccccc2)(c2ccccc2)c2ccccc2)cc1CCCl)Nc1nc2ccccc2s1.[Br-]. The molecule has 1 heterocycles. The average Bonchev–Trinajstić information content (AvgIpc) is 3.50. The fraction of sp³-hybridized carbons (Fsp3) is 0.108. The molecule has 1 amide bonds. The van der Waals surface area contributed by atoms with Crippen molar-refractivity contribution in [3.63, 3.8) is 0 Å². The zero-order valence-corrected chi connectivity index (χ0v) is 28.9. The van der Waals surface area contributed by atoms with Crippen LogP contribution in [0.25, 0.3) is 10.2 Å². The Labute approximate surface area is 288 Å². The minimum absolute atomic E-state index is 0. The van der Waals surface area contributed by atoms with Gasteiger partial charge < -0.3 is 21.7 Å². The van der Waals surface area contributed by atoms with Crippen molar-refractivity contribution in [2.75, 3.05) is 24.0 Å². The van der Waals surface area contributed by atoms with Gasteiger partial charge in [-0.15, -0.1) is 11.6 Å². The van der Waals surface area contributed by atoms with Crippen LogP contribution in [0.5, 0.6) is 5.75 Å². The third-order valence-corrected chi connectivity index (χ3v) is 13.1. The van der Waals surface area contributed by atoms with Crippen molar-refractivity contribution >= 4 is 73.2 Å². The van der Waals surface area contributed by atoms with Gasteiger partial charge in [-0.2, -0.15) is 0 Å². The number of hydrogen-bond donors (Lipinski definition) is 1. The van der Waals surface area contributed by atoms with Crippen LogP contribution < -0.4 is 42.9 Å². The second kappa shape index (κ2) is 15.6. The molecule has 1 aromatic heterocycles. The lowest BCUT2D eigenvalue weighted by Gasteiger charge is -2.27. The van der Waals surface area contributed by atoms with E-state index in [9.17, 15) is 9.59 Å². The number of amides is 1. The number of nitrogens with zero attached hydrogens (tertiary/aromatic N) is 1. The minimum atomic E-state index is -2.35. The van der Waals surface area contributed by atoms with Crippen LogP contribution in [-0.4, -0.2) is 35.3 Å². The van der Waals surface area contributed by atoms with Crippen molar-refractivity contribution < 1.29 is 31.3 Å². The summed E-state index contributed by atoms with van der Waals surface area (Å²) >= 11 is 7.59. The van der Waals surface area contributed by atoms with Crippen LogP contribution in [0.15, 0.2) is 133 Å². The molecular formula is C37H31BrClN2O3PS. The Morgan fingerprint density at radius 2 is 1.33 bits per heavy atom. The van der Waals surface area contributed by atoms with Crippen LogP contribution in [0.3, 0.4) is 0 Å². The third-order valence-electron chi connectivity index (χ3n) is 7.62. The van der Waals surface area contributed by atoms with E-state index in [1.807, 2.05) is 84.9 Å². The molecule has 0 fully saturated rings. The largest absolute Gasteiger partial charge is 1.00 e. The van der Waals surface area contributed by atoms with E-state index in [0.717, 1.165) is 31.7 Å². The first-order valence-electron chi connectivity index (χ1n) is 14.6. The zero-order chi connectivity index (χ0) is 31.1. The highest BCUT2D eigenvalue weighted by Gasteiger charge is 2.47. The second-order valence-corrected chi connectivity index (χ2v) is 15.4. The number of rotatable bonds is 12. The standard InChI is InChI=1S/C37H30ClN2O3PS.BrH/c38-23-22-28-24-27(20-21-34(28)43-25-36(42)40-37-39-32-18-10-11-19-35(32)45-37)33(41)26-44(29-12-4-1-5-13-29,30-14-6-2-7-15-30)31-16-8-3-9-17-31;/h1-21,24H,22-23,25-26H2;1H. The highest BCUT2D eigenvalue weighted by Crippen LogP contribution is 2.55. The molecule has 0 saturated carbocycles. The van der Waals surface area contributed by atoms with Gasteiger partial charge in [0.2, 0.25) is 5.78 Å². The molecule has 0 saturated heterocycles. The molecule has 0 bridgehead atoms. The molecule has 0 aliphatic rings. The first-order valence-corrected chi connectivity index (χ1v) is 17.9. The fourth-order valence-corrected chi connectivity index (χ4v) is 10.7. The van der Waals surface area contributed by atoms with Crippen LogP contribution in [0.2, 0.25) is 0 Å². The molecule has 6 aromatic rings. The predicted octanol–water partition coefficient (Wildman–Crippen LogP) is 4.28. The summed E-state index contributed by atoms with van der Waals surface area (Å²) in [5.74, 6) is 0.605. The Morgan fingerprint density at radius 1 is 0.761 bits per heavy atom. The molecule has 6 rings (SSSR count). The van der Waals surface area contributed by atoms with E-state index in [-0.39, 0.29) is 35.3 Å². The fourth-order valence-electron chi connectivity index (χ4n) is 5.49. The predicted molar refractivity (Wildman–Crippen MR) is 189 cm³/mol. The first-order chi connectivity index (χ1) is 22.1. The van der Waals surface area contributed by atoms with E-state index in [0.29, 0.717) is 34.9 Å². The highest BCUT2D eigenvalue weighted by atomic mass is 79.9. The molecule has 0 aliphatic carbocycles. The van der Waals surface area contributed by atoms with Gasteiger partial charge in [0.25, 0.3) is 5.91 Å². The van der Waals surface area contributed by atoms with Gasteiger partial charge in [0.15, 0.2) is 11.7 Å². The number of ether oxygens (including phenoxy) is 1. The number of aromatic nitrogens is 1. The van der Waals surface area contributed by atoms with E-state index in [1.54, 1.807) is 12.1 Å². The Morgan fingerprint density at radius 3 is 1.89 bits per heavy atom. The Hall–Kier alpha value is -3.87. The molecule has 1 N–H and O–H groups in total. The van der Waals surface area contributed by atoms with E-state index >= 15 is 0 Å². The van der Waals surface area contributed by atoms with E-state index in [4.69, 9.17) is 16.3 Å². The van der Waals surface area contributed by atoms with Crippen LogP contribution >= 0.6 is 30.2 Å². The number of thiazole rings is 1. The molecule has 5 nitrogen and oxygen atoms in total. The van der Waals surface area contributed by atoms with Gasteiger partial charge in [0.05, 0.1) is 10.2 Å². The maximum atomic E-state index is 14.3. The number of para-hydroxylation sites is 1. The molecule has 232 valence electrons. The number of carbonyl (C=O) groups is 2. The number of anilines is 1. The average molecular weight is 730 g/mol. The minimum Gasteiger partial charge on any atom is -1.00 e. The lowest BCUT2D eigenvalue weighted by atomic mass is 10.1. The van der Waals surface area contributed by atoms with Gasteiger partial charge in [0.1, 0.15) is 35.1 Å². The van der Waals surface area contributed by atoms with Crippen molar-refractivity contribution in [3.05, 3.63) is 145 Å². The van der Waals surface area contributed by atoms with E-state index in [1.165, 1.54) is 11.3 Å². The summed E-state index contributed by atoms with van der Waals surface area (Å²) < 4.78 is 6.94. The number of halogens is 2. The third kappa shape index (κ3) is 7.40. The summed E-state index contributed by atoms with van der Waals surface area (Å²) in [6, 6.07) is 44.2. The van der Waals surface area contributed by atoms with Crippen LogP contribution in [0.4, 0.5) is 5.13 Å². The second-order valence-electron chi connectivity index (χ2n) is 10.5. The monoisotopic (exact) mass is 728 g/mol. The smallest absolute Gasteiger partial charge is 0.264 e. The molecular weight excluding hydrogens is 699 g/mol. The molecule has 0 aliphatic heterocycles. The number of alkyl halides is 1. The zero-order valence-electron chi connectivity index (χ0n) is 24.8. The Balaban J connectivity index is 0.00000417. The molecule has 5 aromatic carbocycles. The summed E-state index contributed by atoms with van der Waals surface area (Å²) in [5.41, 5.74) is 2.21.